The Bertz CT molecular complexity index is 183. The molecular weight excluding hydrogens is 172 g/mol. The van der Waals surface area contributed by atoms with E-state index in [4.69, 9.17) is 5.26 Å². The first-order valence-electron chi connectivity index (χ1n) is 5.96. The van der Waals surface area contributed by atoms with Gasteiger partial charge in [-0.1, -0.05) is 13.3 Å². The van der Waals surface area contributed by atoms with Crippen LogP contribution in [0.3, 0.4) is 0 Å². The molecule has 0 bridgehead atoms. The van der Waals surface area contributed by atoms with Crippen molar-refractivity contribution >= 4 is 0 Å². The van der Waals surface area contributed by atoms with Crippen LogP contribution in [0.2, 0.25) is 0 Å². The molecule has 1 aliphatic rings. The molecule has 0 aromatic heterocycles. The maximum atomic E-state index is 8.41. The van der Waals surface area contributed by atoms with Crippen LogP contribution in [0.25, 0.3) is 0 Å². The Hall–Kier alpha value is -0.550. The highest BCUT2D eigenvalue weighted by Gasteiger charge is 2.20. The van der Waals surface area contributed by atoms with E-state index < -0.39 is 0 Å². The number of hydrogen-bond acceptors (Lipinski definition) is 2. The average Bonchev–Trinajstić information content (AvgIpc) is 2.61. The number of nitrogens with zero attached hydrogens (tertiary/aromatic N) is 2. The van der Waals surface area contributed by atoms with Crippen LogP contribution < -0.4 is 0 Å². The summed E-state index contributed by atoms with van der Waals surface area (Å²) < 4.78 is 0. The number of unbranched alkanes of at least 4 members (excludes halogenated alkanes) is 2. The zero-order valence-electron chi connectivity index (χ0n) is 9.34. The third-order valence-corrected chi connectivity index (χ3v) is 3.08. The van der Waals surface area contributed by atoms with E-state index in [-0.39, 0.29) is 0 Å². The Morgan fingerprint density at radius 3 is 3.00 bits per heavy atom. The van der Waals surface area contributed by atoms with Crippen LogP contribution in [-0.2, 0) is 0 Å². The third kappa shape index (κ3) is 4.11. The molecule has 14 heavy (non-hydrogen) atoms. The summed E-state index contributed by atoms with van der Waals surface area (Å²) in [6, 6.07) is 2.20. The molecule has 0 N–H and O–H groups in total. The number of hydrogen-bond donors (Lipinski definition) is 0. The summed E-state index contributed by atoms with van der Waals surface area (Å²) in [5, 5.41) is 8.41. The second-order valence-corrected chi connectivity index (χ2v) is 4.36. The van der Waals surface area contributed by atoms with Gasteiger partial charge in [0.2, 0.25) is 0 Å². The molecule has 2 nitrogen and oxygen atoms in total. The van der Waals surface area contributed by atoms with E-state index in [0.717, 1.165) is 18.8 Å². The van der Waals surface area contributed by atoms with Crippen molar-refractivity contribution in [3.8, 4) is 6.07 Å². The van der Waals surface area contributed by atoms with Crippen molar-refractivity contribution in [2.24, 2.45) is 5.92 Å². The second-order valence-electron chi connectivity index (χ2n) is 4.36. The lowest BCUT2D eigenvalue weighted by atomic mass is 10.0. The van der Waals surface area contributed by atoms with Gasteiger partial charge in [-0.05, 0) is 44.7 Å². The Balaban J connectivity index is 2.02. The quantitative estimate of drug-likeness (QED) is 0.608. The summed E-state index contributed by atoms with van der Waals surface area (Å²) >= 11 is 0. The van der Waals surface area contributed by atoms with Gasteiger partial charge >= 0.3 is 0 Å². The van der Waals surface area contributed by atoms with Gasteiger partial charge in [-0.15, -0.1) is 0 Å². The van der Waals surface area contributed by atoms with Gasteiger partial charge in [0.25, 0.3) is 0 Å². The molecule has 1 rings (SSSR count). The zero-order chi connectivity index (χ0) is 10.2. The van der Waals surface area contributed by atoms with Crippen LogP contribution in [0.15, 0.2) is 0 Å². The molecule has 1 heterocycles. The van der Waals surface area contributed by atoms with E-state index in [0.29, 0.717) is 0 Å². The van der Waals surface area contributed by atoms with Gasteiger partial charge < -0.3 is 4.90 Å². The predicted octanol–water partition coefficient (Wildman–Crippen LogP) is 2.80. The van der Waals surface area contributed by atoms with E-state index in [9.17, 15) is 0 Å². The SMILES string of the molecule is CCCC1CCN(CCCCC#N)C1. The van der Waals surface area contributed by atoms with Gasteiger partial charge in [0.05, 0.1) is 6.07 Å². The third-order valence-electron chi connectivity index (χ3n) is 3.08. The minimum Gasteiger partial charge on any atom is -0.303 e. The maximum Gasteiger partial charge on any atom is 0.0621 e. The summed E-state index contributed by atoms with van der Waals surface area (Å²) in [4.78, 5) is 2.57. The van der Waals surface area contributed by atoms with Crippen LogP contribution in [0.5, 0.6) is 0 Å². The van der Waals surface area contributed by atoms with Crippen LogP contribution in [0.4, 0.5) is 0 Å². The van der Waals surface area contributed by atoms with Gasteiger partial charge in [-0.3, -0.25) is 0 Å². The van der Waals surface area contributed by atoms with Crippen LogP contribution in [0.1, 0.15) is 45.4 Å². The summed E-state index contributed by atoms with van der Waals surface area (Å²) in [6.07, 6.45) is 7.12. The lowest BCUT2D eigenvalue weighted by Gasteiger charge is -2.14. The van der Waals surface area contributed by atoms with Crippen molar-refractivity contribution in [2.75, 3.05) is 19.6 Å². The van der Waals surface area contributed by atoms with E-state index in [2.05, 4.69) is 17.9 Å². The fourth-order valence-corrected chi connectivity index (χ4v) is 2.30. The van der Waals surface area contributed by atoms with Crippen molar-refractivity contribution in [2.45, 2.75) is 45.4 Å². The highest BCUT2D eigenvalue weighted by Crippen LogP contribution is 2.20. The molecule has 1 fully saturated rings. The van der Waals surface area contributed by atoms with Gasteiger partial charge in [-0.25, -0.2) is 0 Å². The summed E-state index contributed by atoms with van der Waals surface area (Å²) in [5.41, 5.74) is 0. The highest BCUT2D eigenvalue weighted by molar-refractivity contribution is 4.75. The maximum absolute atomic E-state index is 8.41. The zero-order valence-corrected chi connectivity index (χ0v) is 9.34. The lowest BCUT2D eigenvalue weighted by molar-refractivity contribution is 0.313. The Morgan fingerprint density at radius 2 is 2.29 bits per heavy atom. The minimum absolute atomic E-state index is 0.728. The van der Waals surface area contributed by atoms with Crippen molar-refractivity contribution < 1.29 is 0 Å². The van der Waals surface area contributed by atoms with Crippen molar-refractivity contribution in [3.05, 3.63) is 0 Å². The molecule has 0 aliphatic carbocycles. The first-order chi connectivity index (χ1) is 6.86. The Morgan fingerprint density at radius 1 is 1.43 bits per heavy atom. The first kappa shape index (κ1) is 11.5. The molecular formula is C12H22N2. The molecule has 80 valence electrons. The molecule has 1 unspecified atom stereocenters. The smallest absolute Gasteiger partial charge is 0.0621 e. The summed E-state index contributed by atoms with van der Waals surface area (Å²) in [6.45, 7) is 6.08. The van der Waals surface area contributed by atoms with E-state index >= 15 is 0 Å². The lowest BCUT2D eigenvalue weighted by Crippen LogP contribution is -2.21. The van der Waals surface area contributed by atoms with Crippen LogP contribution >= 0.6 is 0 Å². The van der Waals surface area contributed by atoms with Gasteiger partial charge in [0.1, 0.15) is 0 Å². The number of rotatable bonds is 6. The van der Waals surface area contributed by atoms with E-state index in [1.54, 1.807) is 0 Å². The number of nitriles is 1. The van der Waals surface area contributed by atoms with Gasteiger partial charge in [0, 0.05) is 13.0 Å². The largest absolute Gasteiger partial charge is 0.303 e. The van der Waals surface area contributed by atoms with Gasteiger partial charge in [-0.2, -0.15) is 5.26 Å². The fourth-order valence-electron chi connectivity index (χ4n) is 2.30. The average molecular weight is 194 g/mol. The van der Waals surface area contributed by atoms with Crippen molar-refractivity contribution in [3.63, 3.8) is 0 Å². The Kier molecular flexibility index (Phi) is 5.63. The minimum atomic E-state index is 0.728. The summed E-state index contributed by atoms with van der Waals surface area (Å²) in [7, 11) is 0. The van der Waals surface area contributed by atoms with Crippen LogP contribution in [-0.4, -0.2) is 24.5 Å². The summed E-state index contributed by atoms with van der Waals surface area (Å²) in [5.74, 6) is 0.955. The molecule has 0 aromatic carbocycles. The monoisotopic (exact) mass is 194 g/mol. The molecule has 0 amide bonds. The Labute approximate surface area is 87.9 Å². The standard InChI is InChI=1S/C12H22N2/c1-2-6-12-7-10-14(11-12)9-5-3-4-8-13/h12H,2-7,9-11H2,1H3. The molecule has 1 saturated heterocycles. The molecule has 2 heteroatoms. The topological polar surface area (TPSA) is 27.0 Å². The van der Waals surface area contributed by atoms with Crippen LogP contribution in [0, 0.1) is 17.2 Å². The number of likely N-dealkylation sites (tertiary alicyclic amines) is 1. The van der Waals surface area contributed by atoms with Gasteiger partial charge in [0.15, 0.2) is 0 Å². The highest BCUT2D eigenvalue weighted by atomic mass is 15.1. The normalized spacial score (nSPS) is 22.4. The van der Waals surface area contributed by atoms with E-state index in [1.807, 2.05) is 0 Å². The molecule has 0 radical (unpaired) electrons. The molecule has 1 aliphatic heterocycles. The molecule has 0 saturated carbocycles. The molecule has 1 atom stereocenters. The second kappa shape index (κ2) is 6.84. The van der Waals surface area contributed by atoms with Crippen molar-refractivity contribution in [1.82, 2.24) is 4.90 Å². The van der Waals surface area contributed by atoms with E-state index in [1.165, 1.54) is 45.3 Å². The fraction of sp³-hybridized carbons (Fsp3) is 0.917. The van der Waals surface area contributed by atoms with Crippen molar-refractivity contribution in [1.29, 1.82) is 5.26 Å². The first-order valence-corrected chi connectivity index (χ1v) is 5.96. The molecule has 0 spiro atoms. The predicted molar refractivity (Wildman–Crippen MR) is 58.9 cm³/mol. The molecule has 0 aromatic rings.